The lowest BCUT2D eigenvalue weighted by Crippen LogP contribution is -2.29. The van der Waals surface area contributed by atoms with Crippen molar-refractivity contribution >= 4 is 5.97 Å². The first kappa shape index (κ1) is 11.4. The van der Waals surface area contributed by atoms with E-state index in [2.05, 4.69) is 0 Å². The normalized spacial score (nSPS) is 15.3. The molecule has 72 valence electrons. The van der Waals surface area contributed by atoms with Crippen LogP contribution in [0.1, 0.15) is 20.3 Å². The Morgan fingerprint density at radius 1 is 1.67 bits per heavy atom. The molecule has 0 aliphatic rings. The van der Waals surface area contributed by atoms with Gasteiger partial charge < -0.3 is 15.6 Å². The summed E-state index contributed by atoms with van der Waals surface area (Å²) in [6.07, 6.45) is 0.468. The fourth-order valence-corrected chi connectivity index (χ4v) is 0.909. The van der Waals surface area contributed by atoms with Crippen LogP contribution in [0.3, 0.4) is 0 Å². The molecule has 2 atom stereocenters. The molecule has 0 radical (unpaired) electrons. The van der Waals surface area contributed by atoms with Gasteiger partial charge in [-0.1, -0.05) is 6.92 Å². The smallest absolute Gasteiger partial charge is 0.308 e. The number of ether oxygens (including phenoxy) is 1. The molecule has 4 heteroatoms. The Kier molecular flexibility index (Phi) is 5.66. The van der Waals surface area contributed by atoms with Gasteiger partial charge in [-0.05, 0) is 13.3 Å². The zero-order valence-electron chi connectivity index (χ0n) is 7.62. The fourth-order valence-electron chi connectivity index (χ4n) is 0.909. The van der Waals surface area contributed by atoms with Crippen molar-refractivity contribution < 1.29 is 14.6 Å². The molecule has 0 bridgehead atoms. The average Bonchev–Trinajstić information content (AvgIpc) is 2.04. The summed E-state index contributed by atoms with van der Waals surface area (Å²) >= 11 is 0. The van der Waals surface area contributed by atoms with Gasteiger partial charge in [-0.3, -0.25) is 4.79 Å². The minimum absolute atomic E-state index is 0.0935. The molecule has 0 rings (SSSR count). The van der Waals surface area contributed by atoms with E-state index >= 15 is 0 Å². The minimum atomic E-state index is -0.329. The van der Waals surface area contributed by atoms with Crippen molar-refractivity contribution in [3.63, 3.8) is 0 Å². The second kappa shape index (κ2) is 5.97. The van der Waals surface area contributed by atoms with Gasteiger partial charge in [0.15, 0.2) is 0 Å². The Morgan fingerprint density at radius 2 is 2.25 bits per heavy atom. The highest BCUT2D eigenvalue weighted by Crippen LogP contribution is 2.06. The summed E-state index contributed by atoms with van der Waals surface area (Å²) in [7, 11) is 0. The molecule has 0 fully saturated rings. The van der Waals surface area contributed by atoms with Crippen molar-refractivity contribution in [2.24, 2.45) is 11.7 Å². The van der Waals surface area contributed by atoms with E-state index in [0.29, 0.717) is 13.0 Å². The van der Waals surface area contributed by atoms with Crippen molar-refractivity contribution in [2.45, 2.75) is 26.3 Å². The van der Waals surface area contributed by atoms with E-state index in [4.69, 9.17) is 15.6 Å². The fraction of sp³-hybridized carbons (Fsp3) is 0.875. The average molecular weight is 175 g/mol. The largest absolute Gasteiger partial charge is 0.466 e. The molecule has 12 heavy (non-hydrogen) atoms. The number of hydrogen-bond acceptors (Lipinski definition) is 4. The van der Waals surface area contributed by atoms with Crippen molar-refractivity contribution in [1.82, 2.24) is 0 Å². The van der Waals surface area contributed by atoms with E-state index in [1.165, 1.54) is 0 Å². The molecule has 0 aliphatic heterocycles. The molecule has 0 saturated carbocycles. The summed E-state index contributed by atoms with van der Waals surface area (Å²) in [5.41, 5.74) is 5.45. The standard InChI is InChI=1S/C8H17NO3/c1-3-12-8(11)6(2)4-7(9)5-10/h6-7,10H,3-5,9H2,1-2H3. The lowest BCUT2D eigenvalue weighted by molar-refractivity contribution is -0.147. The molecule has 0 aliphatic carbocycles. The van der Waals surface area contributed by atoms with E-state index in [1.54, 1.807) is 13.8 Å². The van der Waals surface area contributed by atoms with E-state index in [1.807, 2.05) is 0 Å². The molecule has 4 nitrogen and oxygen atoms in total. The molecule has 0 amide bonds. The van der Waals surface area contributed by atoms with Gasteiger partial charge in [0.25, 0.3) is 0 Å². The van der Waals surface area contributed by atoms with Crippen LogP contribution in [0.5, 0.6) is 0 Å². The zero-order valence-corrected chi connectivity index (χ0v) is 7.62. The van der Waals surface area contributed by atoms with Crippen molar-refractivity contribution in [3.8, 4) is 0 Å². The molecular formula is C8H17NO3. The maximum Gasteiger partial charge on any atom is 0.308 e. The number of carbonyl (C=O) groups is 1. The van der Waals surface area contributed by atoms with Gasteiger partial charge in [-0.2, -0.15) is 0 Å². The van der Waals surface area contributed by atoms with Crippen molar-refractivity contribution in [1.29, 1.82) is 0 Å². The summed E-state index contributed by atoms with van der Waals surface area (Å²) < 4.78 is 4.77. The van der Waals surface area contributed by atoms with Gasteiger partial charge in [0.2, 0.25) is 0 Å². The lowest BCUT2D eigenvalue weighted by Gasteiger charge is -2.13. The van der Waals surface area contributed by atoms with Crippen LogP contribution in [-0.4, -0.2) is 30.3 Å². The number of carbonyl (C=O) groups excluding carboxylic acids is 1. The second-order valence-electron chi connectivity index (χ2n) is 2.83. The maximum absolute atomic E-state index is 11.0. The quantitative estimate of drug-likeness (QED) is 0.572. The minimum Gasteiger partial charge on any atom is -0.466 e. The summed E-state index contributed by atoms with van der Waals surface area (Å²) in [5.74, 6) is -0.478. The summed E-state index contributed by atoms with van der Waals surface area (Å²) in [4.78, 5) is 11.0. The Morgan fingerprint density at radius 3 is 2.67 bits per heavy atom. The van der Waals surface area contributed by atoms with Crippen LogP contribution >= 0.6 is 0 Å². The first-order chi connectivity index (χ1) is 5.61. The van der Waals surface area contributed by atoms with Crippen LogP contribution in [0.2, 0.25) is 0 Å². The highest BCUT2D eigenvalue weighted by atomic mass is 16.5. The van der Waals surface area contributed by atoms with Crippen LogP contribution in [0.25, 0.3) is 0 Å². The first-order valence-electron chi connectivity index (χ1n) is 4.14. The van der Waals surface area contributed by atoms with Crippen molar-refractivity contribution in [2.75, 3.05) is 13.2 Å². The van der Waals surface area contributed by atoms with Crippen LogP contribution < -0.4 is 5.73 Å². The monoisotopic (exact) mass is 175 g/mol. The van der Waals surface area contributed by atoms with Crippen LogP contribution in [0, 0.1) is 5.92 Å². The molecule has 3 N–H and O–H groups in total. The molecule has 2 unspecified atom stereocenters. The highest BCUT2D eigenvalue weighted by Gasteiger charge is 2.16. The highest BCUT2D eigenvalue weighted by molar-refractivity contribution is 5.71. The topological polar surface area (TPSA) is 72.5 Å². The molecular weight excluding hydrogens is 158 g/mol. The Hall–Kier alpha value is -0.610. The van der Waals surface area contributed by atoms with Crippen LogP contribution in [0.4, 0.5) is 0 Å². The molecule has 0 spiro atoms. The lowest BCUT2D eigenvalue weighted by atomic mass is 10.0. The molecule has 0 aromatic heterocycles. The third kappa shape index (κ3) is 4.31. The Labute approximate surface area is 72.7 Å². The number of aliphatic hydroxyl groups is 1. The number of hydrogen-bond donors (Lipinski definition) is 2. The van der Waals surface area contributed by atoms with Gasteiger partial charge in [-0.15, -0.1) is 0 Å². The van der Waals surface area contributed by atoms with Crippen LogP contribution in [0.15, 0.2) is 0 Å². The van der Waals surface area contributed by atoms with Gasteiger partial charge in [0, 0.05) is 6.04 Å². The Balaban J connectivity index is 3.70. The Bertz CT molecular complexity index is 138. The van der Waals surface area contributed by atoms with Crippen molar-refractivity contribution in [3.05, 3.63) is 0 Å². The maximum atomic E-state index is 11.0. The predicted molar refractivity (Wildman–Crippen MR) is 45.5 cm³/mol. The predicted octanol–water partition coefficient (Wildman–Crippen LogP) is -0.105. The second-order valence-corrected chi connectivity index (χ2v) is 2.83. The number of aliphatic hydroxyl groups excluding tert-OH is 1. The SMILES string of the molecule is CCOC(=O)C(C)CC(N)CO. The number of rotatable bonds is 5. The van der Waals surface area contributed by atoms with E-state index in [-0.39, 0.29) is 24.5 Å². The molecule has 0 aromatic rings. The molecule has 0 aromatic carbocycles. The zero-order chi connectivity index (χ0) is 9.56. The first-order valence-corrected chi connectivity index (χ1v) is 4.14. The van der Waals surface area contributed by atoms with E-state index < -0.39 is 0 Å². The van der Waals surface area contributed by atoms with E-state index in [0.717, 1.165) is 0 Å². The molecule has 0 saturated heterocycles. The molecule has 0 heterocycles. The third-order valence-electron chi connectivity index (χ3n) is 1.58. The van der Waals surface area contributed by atoms with Gasteiger partial charge in [0.05, 0.1) is 19.1 Å². The number of esters is 1. The van der Waals surface area contributed by atoms with E-state index in [9.17, 15) is 4.79 Å². The summed E-state index contributed by atoms with van der Waals surface area (Å²) in [6, 6.07) is -0.329. The van der Waals surface area contributed by atoms with Gasteiger partial charge >= 0.3 is 5.97 Å². The third-order valence-corrected chi connectivity index (χ3v) is 1.58. The summed E-state index contributed by atoms with van der Waals surface area (Å²) in [5, 5.41) is 8.62. The van der Waals surface area contributed by atoms with Gasteiger partial charge in [-0.25, -0.2) is 0 Å². The van der Waals surface area contributed by atoms with Crippen LogP contribution in [-0.2, 0) is 9.53 Å². The number of nitrogens with two attached hydrogens (primary N) is 1. The summed E-state index contributed by atoms with van der Waals surface area (Å²) in [6.45, 7) is 3.80. The van der Waals surface area contributed by atoms with Gasteiger partial charge in [0.1, 0.15) is 0 Å².